The minimum atomic E-state index is 0.802. The lowest BCUT2D eigenvalue weighted by Gasteiger charge is -1.94. The molecule has 1 rings (SSSR count). The maximum Gasteiger partial charge on any atom is 0.0900 e. The van der Waals surface area contributed by atoms with Crippen molar-refractivity contribution in [1.29, 1.82) is 0 Å². The number of terminal acetylenes is 1. The molecule has 0 saturated carbocycles. The number of rotatable bonds is 3. The fraction of sp³-hybridized carbons (Fsp3) is 0.500. The Morgan fingerprint density at radius 2 is 2.33 bits per heavy atom. The van der Waals surface area contributed by atoms with Crippen LogP contribution in [0.1, 0.15) is 28.9 Å². The van der Waals surface area contributed by atoms with E-state index in [2.05, 4.69) is 17.8 Å². The zero-order chi connectivity index (χ0) is 8.97. The van der Waals surface area contributed by atoms with Crippen molar-refractivity contribution in [2.75, 3.05) is 0 Å². The lowest BCUT2D eigenvalue weighted by Crippen LogP contribution is -1.88. The van der Waals surface area contributed by atoms with Crippen molar-refractivity contribution < 1.29 is 0 Å². The van der Waals surface area contributed by atoms with Crippen molar-refractivity contribution in [2.24, 2.45) is 0 Å². The van der Waals surface area contributed by atoms with Gasteiger partial charge in [-0.15, -0.1) is 23.7 Å². The van der Waals surface area contributed by atoms with Gasteiger partial charge in [0.25, 0.3) is 0 Å². The average Bonchev–Trinajstić information content (AvgIpc) is 2.42. The number of aryl methyl sites for hydroxylation is 3. The van der Waals surface area contributed by atoms with Gasteiger partial charge in [0.2, 0.25) is 0 Å². The van der Waals surface area contributed by atoms with E-state index < -0.39 is 0 Å². The van der Waals surface area contributed by atoms with Gasteiger partial charge in [-0.1, -0.05) is 6.92 Å². The first-order valence-corrected chi connectivity index (χ1v) is 4.98. The van der Waals surface area contributed by atoms with Gasteiger partial charge in [-0.3, -0.25) is 0 Å². The fourth-order valence-electron chi connectivity index (χ4n) is 1.17. The second kappa shape index (κ2) is 4.27. The molecule has 64 valence electrons. The molecule has 1 heterocycles. The third-order valence-electron chi connectivity index (χ3n) is 1.71. The van der Waals surface area contributed by atoms with Crippen molar-refractivity contribution in [3.63, 3.8) is 0 Å². The molecule has 0 aromatic carbocycles. The number of nitrogens with zero attached hydrogens (tertiary/aromatic N) is 1. The molecule has 1 aromatic rings. The van der Waals surface area contributed by atoms with Crippen LogP contribution in [0.15, 0.2) is 0 Å². The largest absolute Gasteiger partial charge is 0.246 e. The Hall–Kier alpha value is -0.810. The summed E-state index contributed by atoms with van der Waals surface area (Å²) >= 11 is 1.79. The van der Waals surface area contributed by atoms with Crippen molar-refractivity contribution >= 4 is 11.3 Å². The Morgan fingerprint density at radius 3 is 2.92 bits per heavy atom. The summed E-state index contributed by atoms with van der Waals surface area (Å²) in [6.07, 6.45) is 8.01. The molecule has 0 aliphatic heterocycles. The summed E-state index contributed by atoms with van der Waals surface area (Å²) in [6.45, 7) is 4.20. The molecule has 1 aromatic heterocycles. The quantitative estimate of drug-likeness (QED) is 0.650. The van der Waals surface area contributed by atoms with Crippen LogP contribution in [0.25, 0.3) is 0 Å². The van der Waals surface area contributed by atoms with E-state index in [-0.39, 0.29) is 0 Å². The van der Waals surface area contributed by atoms with Gasteiger partial charge >= 0.3 is 0 Å². The topological polar surface area (TPSA) is 12.9 Å². The molecule has 12 heavy (non-hydrogen) atoms. The minimum Gasteiger partial charge on any atom is -0.246 e. The van der Waals surface area contributed by atoms with Gasteiger partial charge in [0.15, 0.2) is 0 Å². The third-order valence-corrected chi connectivity index (χ3v) is 2.87. The predicted octanol–water partition coefficient (Wildman–Crippen LogP) is 2.58. The third kappa shape index (κ3) is 2.09. The SMILES string of the molecule is C#CCCc1nc(C)sc1CC. The summed E-state index contributed by atoms with van der Waals surface area (Å²) in [5.74, 6) is 2.64. The Kier molecular flexibility index (Phi) is 3.31. The molecule has 0 N–H and O–H groups in total. The highest BCUT2D eigenvalue weighted by Gasteiger charge is 2.05. The van der Waals surface area contributed by atoms with Crippen molar-refractivity contribution in [1.82, 2.24) is 4.98 Å². The molecule has 0 radical (unpaired) electrons. The molecule has 0 amide bonds. The standard InChI is InChI=1S/C10H13NS/c1-4-6-7-9-10(5-2)12-8(3)11-9/h1H,5-7H2,2-3H3. The number of hydrogen-bond donors (Lipinski definition) is 0. The van der Waals surface area contributed by atoms with E-state index in [1.54, 1.807) is 11.3 Å². The molecule has 0 spiro atoms. The summed E-state index contributed by atoms with van der Waals surface area (Å²) in [5, 5.41) is 1.15. The minimum absolute atomic E-state index is 0.802. The molecule has 0 aliphatic rings. The van der Waals surface area contributed by atoms with Crippen LogP contribution < -0.4 is 0 Å². The molecule has 0 atom stereocenters. The molecule has 0 unspecified atom stereocenters. The molecule has 0 saturated heterocycles. The molecule has 0 aliphatic carbocycles. The Balaban J connectivity index is 2.76. The van der Waals surface area contributed by atoms with Crippen LogP contribution in [0.5, 0.6) is 0 Å². The zero-order valence-corrected chi connectivity index (χ0v) is 8.37. The van der Waals surface area contributed by atoms with Gasteiger partial charge in [-0.05, 0) is 13.3 Å². The summed E-state index contributed by atoms with van der Waals surface area (Å²) < 4.78 is 0. The van der Waals surface area contributed by atoms with Gasteiger partial charge in [0, 0.05) is 17.7 Å². The molecule has 0 fully saturated rings. The van der Waals surface area contributed by atoms with Crippen molar-refractivity contribution in [2.45, 2.75) is 33.1 Å². The van der Waals surface area contributed by atoms with E-state index in [0.29, 0.717) is 0 Å². The van der Waals surface area contributed by atoms with Gasteiger partial charge in [-0.2, -0.15) is 0 Å². The van der Waals surface area contributed by atoms with Crippen LogP contribution in [0.4, 0.5) is 0 Å². The number of aromatic nitrogens is 1. The fourth-order valence-corrected chi connectivity index (χ4v) is 2.10. The number of thiazole rings is 1. The maximum absolute atomic E-state index is 5.20. The van der Waals surface area contributed by atoms with Crippen LogP contribution in [-0.2, 0) is 12.8 Å². The van der Waals surface area contributed by atoms with Crippen LogP contribution in [0, 0.1) is 19.3 Å². The van der Waals surface area contributed by atoms with Gasteiger partial charge in [-0.25, -0.2) is 4.98 Å². The molecular weight excluding hydrogens is 166 g/mol. The second-order valence-corrected chi connectivity index (χ2v) is 3.95. The summed E-state index contributed by atoms with van der Waals surface area (Å²) in [5.41, 5.74) is 1.21. The van der Waals surface area contributed by atoms with E-state index >= 15 is 0 Å². The highest BCUT2D eigenvalue weighted by Crippen LogP contribution is 2.19. The average molecular weight is 179 g/mol. The maximum atomic E-state index is 5.20. The summed E-state index contributed by atoms with van der Waals surface area (Å²) in [7, 11) is 0. The van der Waals surface area contributed by atoms with Crippen LogP contribution >= 0.6 is 11.3 Å². The van der Waals surface area contributed by atoms with Gasteiger partial charge in [0.05, 0.1) is 10.7 Å². The Labute approximate surface area is 77.8 Å². The zero-order valence-electron chi connectivity index (χ0n) is 7.55. The van der Waals surface area contributed by atoms with E-state index in [1.807, 2.05) is 6.92 Å². The molecule has 1 nitrogen and oxygen atoms in total. The smallest absolute Gasteiger partial charge is 0.0900 e. The van der Waals surface area contributed by atoms with Crippen molar-refractivity contribution in [3.8, 4) is 12.3 Å². The van der Waals surface area contributed by atoms with Crippen LogP contribution in [-0.4, -0.2) is 4.98 Å². The highest BCUT2D eigenvalue weighted by molar-refractivity contribution is 7.11. The first kappa shape index (κ1) is 9.28. The first-order chi connectivity index (χ1) is 5.77. The van der Waals surface area contributed by atoms with Crippen LogP contribution in [0.2, 0.25) is 0 Å². The molecule has 0 bridgehead atoms. The normalized spacial score (nSPS) is 9.75. The monoisotopic (exact) mass is 179 g/mol. The summed E-state index contributed by atoms with van der Waals surface area (Å²) in [4.78, 5) is 5.83. The Morgan fingerprint density at radius 1 is 1.58 bits per heavy atom. The van der Waals surface area contributed by atoms with Crippen molar-refractivity contribution in [3.05, 3.63) is 15.6 Å². The lowest BCUT2D eigenvalue weighted by molar-refractivity contribution is 0.940. The van der Waals surface area contributed by atoms with E-state index in [1.165, 1.54) is 10.6 Å². The first-order valence-electron chi connectivity index (χ1n) is 4.16. The molecular formula is C10H13NS. The predicted molar refractivity (Wildman–Crippen MR) is 53.4 cm³/mol. The van der Waals surface area contributed by atoms with Gasteiger partial charge < -0.3 is 0 Å². The van der Waals surface area contributed by atoms with Crippen LogP contribution in [0.3, 0.4) is 0 Å². The lowest BCUT2D eigenvalue weighted by atomic mass is 10.2. The summed E-state index contributed by atoms with van der Waals surface area (Å²) in [6, 6.07) is 0. The van der Waals surface area contributed by atoms with E-state index in [0.717, 1.165) is 24.3 Å². The molecule has 2 heteroatoms. The highest BCUT2D eigenvalue weighted by atomic mass is 32.1. The number of hydrogen-bond acceptors (Lipinski definition) is 2. The van der Waals surface area contributed by atoms with E-state index in [4.69, 9.17) is 6.42 Å². The van der Waals surface area contributed by atoms with E-state index in [9.17, 15) is 0 Å². The second-order valence-electron chi connectivity index (χ2n) is 2.66. The van der Waals surface area contributed by atoms with Gasteiger partial charge in [0.1, 0.15) is 0 Å². The Bertz CT molecular complexity index is 293.